The van der Waals surface area contributed by atoms with E-state index in [9.17, 15) is 14.3 Å². The van der Waals surface area contributed by atoms with Gasteiger partial charge in [0.1, 0.15) is 11.6 Å². The molecule has 0 spiro atoms. The van der Waals surface area contributed by atoms with E-state index in [4.69, 9.17) is 4.74 Å². The Morgan fingerprint density at radius 3 is 2.71 bits per heavy atom. The third-order valence-electron chi connectivity index (χ3n) is 3.74. The maximum absolute atomic E-state index is 12.7. The molecule has 1 saturated carbocycles. The fourth-order valence-corrected chi connectivity index (χ4v) is 2.53. The van der Waals surface area contributed by atoms with Gasteiger partial charge in [-0.15, -0.1) is 0 Å². The number of ether oxygens (including phenoxy) is 1. The number of nitrogens with one attached hydrogen (secondary N) is 1. The molecule has 0 bridgehead atoms. The van der Waals surface area contributed by atoms with Crippen LogP contribution in [0.3, 0.4) is 0 Å². The number of carbonyl (C=O) groups is 1. The van der Waals surface area contributed by atoms with Crippen LogP contribution < -0.4 is 10.1 Å². The van der Waals surface area contributed by atoms with Crippen LogP contribution in [0.25, 0.3) is 0 Å². The first-order valence-corrected chi connectivity index (χ1v) is 7.51. The molecule has 0 aromatic heterocycles. The molecule has 0 saturated heterocycles. The number of aliphatic hydroxyl groups is 1. The first-order valence-electron chi connectivity index (χ1n) is 7.51. The van der Waals surface area contributed by atoms with Gasteiger partial charge in [0, 0.05) is 0 Å². The van der Waals surface area contributed by atoms with Crippen LogP contribution in [-0.4, -0.2) is 29.8 Å². The Morgan fingerprint density at radius 1 is 1.24 bits per heavy atom. The van der Waals surface area contributed by atoms with Crippen LogP contribution in [0.4, 0.5) is 4.39 Å². The Morgan fingerprint density at radius 2 is 1.95 bits per heavy atom. The molecular formula is C16H22FNO3. The van der Waals surface area contributed by atoms with E-state index in [0.717, 1.165) is 32.1 Å². The molecule has 21 heavy (non-hydrogen) atoms. The van der Waals surface area contributed by atoms with Gasteiger partial charge < -0.3 is 15.2 Å². The van der Waals surface area contributed by atoms with E-state index >= 15 is 0 Å². The summed E-state index contributed by atoms with van der Waals surface area (Å²) in [6, 6.07) is 5.55. The molecule has 116 valence electrons. The normalized spacial score (nSPS) is 22.4. The lowest BCUT2D eigenvalue weighted by molar-refractivity contribution is -0.123. The van der Waals surface area contributed by atoms with Gasteiger partial charge in [-0.05, 0) is 37.1 Å². The molecule has 1 aromatic rings. The first-order chi connectivity index (χ1) is 10.1. The van der Waals surface area contributed by atoms with Gasteiger partial charge in [0.05, 0.1) is 25.2 Å². The average Bonchev–Trinajstić information content (AvgIpc) is 2.66. The molecule has 1 aliphatic rings. The van der Waals surface area contributed by atoms with Gasteiger partial charge in [0.2, 0.25) is 5.91 Å². The Bertz CT molecular complexity index is 449. The number of halogens is 1. The summed E-state index contributed by atoms with van der Waals surface area (Å²) in [7, 11) is 0. The molecular weight excluding hydrogens is 273 g/mol. The molecule has 0 heterocycles. The Hall–Kier alpha value is -1.62. The molecule has 2 atom stereocenters. The summed E-state index contributed by atoms with van der Waals surface area (Å²) in [5.41, 5.74) is 0. The summed E-state index contributed by atoms with van der Waals surface area (Å²) >= 11 is 0. The summed E-state index contributed by atoms with van der Waals surface area (Å²) in [5.74, 6) is 0.101. The number of carbonyl (C=O) groups excluding carboxylic acids is 1. The number of benzene rings is 1. The maximum atomic E-state index is 12.7. The molecule has 5 heteroatoms. The molecule has 1 aromatic carbocycles. The average molecular weight is 295 g/mol. The third-order valence-corrected chi connectivity index (χ3v) is 3.74. The highest BCUT2D eigenvalue weighted by Crippen LogP contribution is 2.18. The van der Waals surface area contributed by atoms with Gasteiger partial charge >= 0.3 is 0 Å². The number of hydrogen-bond donors (Lipinski definition) is 2. The number of aliphatic hydroxyl groups excluding tert-OH is 1. The van der Waals surface area contributed by atoms with Crippen LogP contribution in [0.2, 0.25) is 0 Å². The zero-order chi connectivity index (χ0) is 15.1. The molecule has 2 rings (SSSR count). The quantitative estimate of drug-likeness (QED) is 0.820. The lowest BCUT2D eigenvalue weighted by Crippen LogP contribution is -2.43. The second kappa shape index (κ2) is 7.98. The topological polar surface area (TPSA) is 58.6 Å². The van der Waals surface area contributed by atoms with Gasteiger partial charge in [-0.3, -0.25) is 4.79 Å². The minimum absolute atomic E-state index is 0.122. The number of rotatable bonds is 5. The predicted octanol–water partition coefficient (Wildman–Crippen LogP) is 2.40. The van der Waals surface area contributed by atoms with Crippen molar-refractivity contribution in [1.29, 1.82) is 0 Å². The highest BCUT2D eigenvalue weighted by atomic mass is 19.1. The summed E-state index contributed by atoms with van der Waals surface area (Å²) in [4.78, 5) is 11.9. The number of amides is 1. The zero-order valence-electron chi connectivity index (χ0n) is 12.1. The lowest BCUT2D eigenvalue weighted by atomic mass is 10.1. The SMILES string of the molecule is O=C(CCOc1ccc(F)cc1)NC1CCCCCC1O. The largest absolute Gasteiger partial charge is 0.493 e. The molecule has 1 aliphatic carbocycles. The zero-order valence-corrected chi connectivity index (χ0v) is 12.1. The molecule has 1 fully saturated rings. The van der Waals surface area contributed by atoms with Crippen LogP contribution >= 0.6 is 0 Å². The smallest absolute Gasteiger partial charge is 0.223 e. The van der Waals surface area contributed by atoms with Crippen molar-refractivity contribution >= 4 is 5.91 Å². The monoisotopic (exact) mass is 295 g/mol. The molecule has 0 radical (unpaired) electrons. The van der Waals surface area contributed by atoms with Crippen molar-refractivity contribution in [1.82, 2.24) is 5.32 Å². The van der Waals surface area contributed by atoms with Crippen molar-refractivity contribution in [2.24, 2.45) is 0 Å². The van der Waals surface area contributed by atoms with Crippen LogP contribution in [-0.2, 0) is 4.79 Å². The van der Waals surface area contributed by atoms with Gasteiger partial charge in [-0.25, -0.2) is 4.39 Å². The van der Waals surface area contributed by atoms with Crippen molar-refractivity contribution in [2.75, 3.05) is 6.61 Å². The Balaban J connectivity index is 1.70. The molecule has 2 unspecified atom stereocenters. The molecule has 0 aliphatic heterocycles. The van der Waals surface area contributed by atoms with E-state index < -0.39 is 6.10 Å². The maximum Gasteiger partial charge on any atom is 0.223 e. The third kappa shape index (κ3) is 5.34. The van der Waals surface area contributed by atoms with Crippen molar-refractivity contribution in [3.8, 4) is 5.75 Å². The molecule has 2 N–H and O–H groups in total. The summed E-state index contributed by atoms with van der Waals surface area (Å²) in [6.45, 7) is 0.236. The minimum Gasteiger partial charge on any atom is -0.493 e. The Kier molecular flexibility index (Phi) is 5.99. The van der Waals surface area contributed by atoms with E-state index in [1.54, 1.807) is 0 Å². The van der Waals surface area contributed by atoms with Crippen LogP contribution in [0.15, 0.2) is 24.3 Å². The highest BCUT2D eigenvalue weighted by molar-refractivity contribution is 5.76. The van der Waals surface area contributed by atoms with Crippen molar-refractivity contribution in [3.05, 3.63) is 30.1 Å². The van der Waals surface area contributed by atoms with E-state index in [-0.39, 0.29) is 30.8 Å². The second-order valence-electron chi connectivity index (χ2n) is 5.43. The number of hydrogen-bond acceptors (Lipinski definition) is 3. The molecule has 1 amide bonds. The van der Waals surface area contributed by atoms with E-state index in [1.165, 1.54) is 24.3 Å². The second-order valence-corrected chi connectivity index (χ2v) is 5.43. The van der Waals surface area contributed by atoms with Gasteiger partial charge in [0.25, 0.3) is 0 Å². The fourth-order valence-electron chi connectivity index (χ4n) is 2.53. The highest BCUT2D eigenvalue weighted by Gasteiger charge is 2.22. The van der Waals surface area contributed by atoms with Gasteiger partial charge in [0.15, 0.2) is 0 Å². The fraction of sp³-hybridized carbons (Fsp3) is 0.562. The van der Waals surface area contributed by atoms with Crippen LogP contribution in [0.1, 0.15) is 38.5 Å². The van der Waals surface area contributed by atoms with Crippen LogP contribution in [0.5, 0.6) is 5.75 Å². The van der Waals surface area contributed by atoms with E-state index in [2.05, 4.69) is 5.32 Å². The molecule has 4 nitrogen and oxygen atoms in total. The summed E-state index contributed by atoms with van der Waals surface area (Å²) in [6.07, 6.45) is 4.50. The van der Waals surface area contributed by atoms with Crippen LogP contribution in [0, 0.1) is 5.82 Å². The minimum atomic E-state index is -0.450. The van der Waals surface area contributed by atoms with Crippen molar-refractivity contribution in [2.45, 2.75) is 50.7 Å². The van der Waals surface area contributed by atoms with E-state index in [0.29, 0.717) is 5.75 Å². The lowest BCUT2D eigenvalue weighted by Gasteiger charge is -2.21. The van der Waals surface area contributed by atoms with Gasteiger partial charge in [-0.2, -0.15) is 0 Å². The Labute approximate surface area is 124 Å². The van der Waals surface area contributed by atoms with E-state index in [1.807, 2.05) is 0 Å². The standard InChI is InChI=1S/C16H22FNO3/c17-12-6-8-13(9-7-12)21-11-10-16(20)18-14-4-2-1-3-5-15(14)19/h6-9,14-15,19H,1-5,10-11H2,(H,18,20). The predicted molar refractivity (Wildman–Crippen MR) is 77.5 cm³/mol. The van der Waals surface area contributed by atoms with Crippen molar-refractivity contribution < 1.29 is 19.0 Å². The first kappa shape index (κ1) is 15.8. The summed E-state index contributed by atoms with van der Waals surface area (Å²) in [5, 5.41) is 12.8. The van der Waals surface area contributed by atoms with Crippen molar-refractivity contribution in [3.63, 3.8) is 0 Å². The van der Waals surface area contributed by atoms with Gasteiger partial charge in [-0.1, -0.05) is 19.3 Å². The summed E-state index contributed by atoms with van der Waals surface area (Å²) < 4.78 is 18.1.